The summed E-state index contributed by atoms with van der Waals surface area (Å²) in [6.07, 6.45) is 1.60. The van der Waals surface area contributed by atoms with E-state index in [2.05, 4.69) is 15.3 Å². The quantitative estimate of drug-likeness (QED) is 0.652. The molecular formula is C21H25F2N3O3. The van der Waals surface area contributed by atoms with E-state index in [1.54, 1.807) is 32.0 Å². The van der Waals surface area contributed by atoms with E-state index >= 15 is 0 Å². The highest BCUT2D eigenvalue weighted by molar-refractivity contribution is 5.94. The molecule has 1 unspecified atom stereocenters. The molecule has 1 atom stereocenters. The molecule has 6 nitrogen and oxygen atoms in total. The second-order valence-corrected chi connectivity index (χ2v) is 6.59. The molecule has 0 saturated heterocycles. The number of nitrogens with zero attached hydrogens (tertiary/aromatic N) is 2. The van der Waals surface area contributed by atoms with Crippen molar-refractivity contribution in [3.05, 3.63) is 53.0 Å². The van der Waals surface area contributed by atoms with Gasteiger partial charge in [0.1, 0.15) is 5.78 Å². The lowest BCUT2D eigenvalue weighted by Gasteiger charge is -2.17. The standard InChI is InChI=1S/C21H25F2N3O3/c1-4-14-8-16(11-25-21(14)29-12-19(22)23)13(3)26-20(28)15-6-7-24-17(9-15)10-18(27)5-2/h6-9,11,13,19H,4-5,10,12H2,1-3H3,(H,26,28). The van der Waals surface area contributed by atoms with E-state index in [-0.39, 0.29) is 30.0 Å². The average Bonchev–Trinajstić information content (AvgIpc) is 2.71. The molecule has 1 N–H and O–H groups in total. The third-order valence-electron chi connectivity index (χ3n) is 4.37. The van der Waals surface area contributed by atoms with Crippen LogP contribution in [0, 0.1) is 0 Å². The summed E-state index contributed by atoms with van der Waals surface area (Å²) in [6.45, 7) is 4.74. The minimum Gasteiger partial charge on any atom is -0.471 e. The summed E-state index contributed by atoms with van der Waals surface area (Å²) in [6, 6.07) is 4.61. The van der Waals surface area contributed by atoms with E-state index < -0.39 is 13.0 Å². The van der Waals surface area contributed by atoms with Gasteiger partial charge < -0.3 is 10.1 Å². The number of carbonyl (C=O) groups excluding carboxylic acids is 2. The van der Waals surface area contributed by atoms with Gasteiger partial charge in [-0.15, -0.1) is 0 Å². The summed E-state index contributed by atoms with van der Waals surface area (Å²) >= 11 is 0. The third-order valence-corrected chi connectivity index (χ3v) is 4.37. The van der Waals surface area contributed by atoms with E-state index in [0.717, 1.165) is 5.56 Å². The monoisotopic (exact) mass is 405 g/mol. The molecule has 156 valence electrons. The van der Waals surface area contributed by atoms with Crippen molar-refractivity contribution >= 4 is 11.7 Å². The van der Waals surface area contributed by atoms with Crippen molar-refractivity contribution in [2.45, 2.75) is 52.5 Å². The van der Waals surface area contributed by atoms with Crippen molar-refractivity contribution in [3.8, 4) is 5.88 Å². The number of ether oxygens (including phenoxy) is 1. The summed E-state index contributed by atoms with van der Waals surface area (Å²) in [7, 11) is 0. The van der Waals surface area contributed by atoms with Crippen LogP contribution < -0.4 is 10.1 Å². The SMILES string of the molecule is CCC(=O)Cc1cc(C(=O)NC(C)c2cnc(OCC(F)F)c(CC)c2)ccn1. The van der Waals surface area contributed by atoms with Gasteiger partial charge in [-0.2, -0.15) is 0 Å². The smallest absolute Gasteiger partial charge is 0.272 e. The Balaban J connectivity index is 2.09. The molecule has 2 rings (SSSR count). The largest absolute Gasteiger partial charge is 0.471 e. The average molecular weight is 405 g/mol. The van der Waals surface area contributed by atoms with Crippen LogP contribution in [-0.4, -0.2) is 34.7 Å². The van der Waals surface area contributed by atoms with Crippen LogP contribution in [0.3, 0.4) is 0 Å². The molecule has 8 heteroatoms. The summed E-state index contributed by atoms with van der Waals surface area (Å²) < 4.78 is 29.8. The van der Waals surface area contributed by atoms with Crippen molar-refractivity contribution in [2.24, 2.45) is 0 Å². The van der Waals surface area contributed by atoms with Gasteiger partial charge in [0.05, 0.1) is 6.04 Å². The normalized spacial score (nSPS) is 11.9. The van der Waals surface area contributed by atoms with Crippen molar-refractivity contribution in [2.75, 3.05) is 6.61 Å². The number of amides is 1. The second kappa shape index (κ2) is 10.6. The summed E-state index contributed by atoms with van der Waals surface area (Å²) in [4.78, 5) is 32.4. The molecule has 1 amide bonds. The van der Waals surface area contributed by atoms with Crippen LogP contribution in [-0.2, 0) is 17.6 Å². The molecule has 0 saturated carbocycles. The van der Waals surface area contributed by atoms with Gasteiger partial charge in [-0.05, 0) is 37.1 Å². The fourth-order valence-corrected chi connectivity index (χ4v) is 2.68. The fourth-order valence-electron chi connectivity index (χ4n) is 2.68. The van der Waals surface area contributed by atoms with Crippen LogP contribution in [0.1, 0.15) is 60.4 Å². The number of rotatable bonds is 10. The molecule has 0 aromatic carbocycles. The van der Waals surface area contributed by atoms with Crippen LogP contribution >= 0.6 is 0 Å². The fraction of sp³-hybridized carbons (Fsp3) is 0.429. The number of hydrogen-bond acceptors (Lipinski definition) is 5. The number of halogens is 2. The highest BCUT2D eigenvalue weighted by Gasteiger charge is 2.16. The molecule has 2 aromatic heterocycles. The molecule has 0 aliphatic carbocycles. The van der Waals surface area contributed by atoms with E-state index in [4.69, 9.17) is 4.74 Å². The first-order valence-electron chi connectivity index (χ1n) is 9.51. The summed E-state index contributed by atoms with van der Waals surface area (Å²) in [5, 5.41) is 2.88. The Morgan fingerprint density at radius 3 is 2.62 bits per heavy atom. The number of carbonyl (C=O) groups is 2. The van der Waals surface area contributed by atoms with Gasteiger partial charge in [0.15, 0.2) is 6.61 Å². The number of aryl methyl sites for hydroxylation is 1. The van der Waals surface area contributed by atoms with Gasteiger partial charge in [0.2, 0.25) is 5.88 Å². The minimum absolute atomic E-state index is 0.0516. The Kier molecular flexibility index (Phi) is 8.18. The molecule has 2 heterocycles. The predicted octanol–water partition coefficient (Wildman–Crippen LogP) is 3.70. The maximum atomic E-state index is 12.6. The number of nitrogens with one attached hydrogen (secondary N) is 1. The van der Waals surface area contributed by atoms with Gasteiger partial charge >= 0.3 is 0 Å². The van der Waals surface area contributed by atoms with Gasteiger partial charge in [0.25, 0.3) is 12.3 Å². The zero-order chi connectivity index (χ0) is 21.4. The Morgan fingerprint density at radius 1 is 1.21 bits per heavy atom. The number of Topliss-reactive ketones (excluding diaryl/α,β-unsaturated/α-hetero) is 1. The second-order valence-electron chi connectivity index (χ2n) is 6.59. The zero-order valence-electron chi connectivity index (χ0n) is 16.7. The topological polar surface area (TPSA) is 81.2 Å². The molecular weight excluding hydrogens is 380 g/mol. The zero-order valence-corrected chi connectivity index (χ0v) is 16.7. The Labute approximate surface area is 168 Å². The van der Waals surface area contributed by atoms with Crippen LogP contribution in [0.5, 0.6) is 5.88 Å². The minimum atomic E-state index is -2.57. The number of pyridine rings is 2. The van der Waals surface area contributed by atoms with Crippen molar-refractivity contribution in [1.29, 1.82) is 0 Å². The Hall–Kier alpha value is -2.90. The van der Waals surface area contributed by atoms with E-state index in [1.165, 1.54) is 12.4 Å². The maximum absolute atomic E-state index is 12.6. The highest BCUT2D eigenvalue weighted by atomic mass is 19.3. The van der Waals surface area contributed by atoms with E-state index in [9.17, 15) is 18.4 Å². The molecule has 2 aromatic rings. The van der Waals surface area contributed by atoms with Crippen LogP contribution in [0.25, 0.3) is 0 Å². The van der Waals surface area contributed by atoms with Crippen molar-refractivity contribution < 1.29 is 23.1 Å². The lowest BCUT2D eigenvalue weighted by Crippen LogP contribution is -2.27. The molecule has 0 aliphatic heterocycles. The molecule has 29 heavy (non-hydrogen) atoms. The van der Waals surface area contributed by atoms with Gasteiger partial charge in [0, 0.05) is 42.1 Å². The number of ketones is 1. The third kappa shape index (κ3) is 6.58. The van der Waals surface area contributed by atoms with E-state index in [0.29, 0.717) is 29.7 Å². The van der Waals surface area contributed by atoms with Crippen LogP contribution in [0.15, 0.2) is 30.6 Å². The Morgan fingerprint density at radius 2 is 1.97 bits per heavy atom. The van der Waals surface area contributed by atoms with Crippen molar-refractivity contribution in [1.82, 2.24) is 15.3 Å². The first kappa shape index (κ1) is 22.4. The molecule has 0 fully saturated rings. The molecule has 0 radical (unpaired) electrons. The molecule has 0 bridgehead atoms. The lowest BCUT2D eigenvalue weighted by atomic mass is 10.1. The van der Waals surface area contributed by atoms with E-state index in [1.807, 2.05) is 6.92 Å². The predicted molar refractivity (Wildman–Crippen MR) is 104 cm³/mol. The Bertz CT molecular complexity index is 859. The molecule has 0 aliphatic rings. The summed E-state index contributed by atoms with van der Waals surface area (Å²) in [5.74, 6) is -0.0774. The van der Waals surface area contributed by atoms with Gasteiger partial charge in [-0.3, -0.25) is 14.6 Å². The van der Waals surface area contributed by atoms with Gasteiger partial charge in [-0.1, -0.05) is 13.8 Å². The highest BCUT2D eigenvalue weighted by Crippen LogP contribution is 2.22. The maximum Gasteiger partial charge on any atom is 0.272 e. The number of aromatic nitrogens is 2. The number of alkyl halides is 2. The lowest BCUT2D eigenvalue weighted by molar-refractivity contribution is -0.118. The number of hydrogen-bond donors (Lipinski definition) is 1. The van der Waals surface area contributed by atoms with Crippen LogP contribution in [0.4, 0.5) is 8.78 Å². The van der Waals surface area contributed by atoms with Crippen LogP contribution in [0.2, 0.25) is 0 Å². The van der Waals surface area contributed by atoms with Crippen molar-refractivity contribution in [3.63, 3.8) is 0 Å². The summed E-state index contributed by atoms with van der Waals surface area (Å²) in [5.41, 5.74) is 2.38. The molecule has 0 spiro atoms. The van der Waals surface area contributed by atoms with Gasteiger partial charge in [-0.25, -0.2) is 13.8 Å². The first-order chi connectivity index (χ1) is 13.8. The first-order valence-corrected chi connectivity index (χ1v) is 9.51.